The third-order valence-corrected chi connectivity index (χ3v) is 5.43. The molecule has 0 atom stereocenters. The number of halogens is 2. The number of fused-ring (bicyclic) bond motifs is 3. The number of aryl methyl sites for hydroxylation is 2. The smallest absolute Gasteiger partial charge is 0.172 e. The molecule has 30 heavy (non-hydrogen) atoms. The van der Waals surface area contributed by atoms with E-state index in [1.54, 1.807) is 0 Å². The van der Waals surface area contributed by atoms with Crippen LogP contribution in [0.3, 0.4) is 0 Å². The molecule has 152 valence electrons. The van der Waals surface area contributed by atoms with E-state index >= 15 is 0 Å². The average Bonchev–Trinajstić information content (AvgIpc) is 3.40. The maximum atomic E-state index is 3.45. The molecule has 0 unspecified atom stereocenters. The van der Waals surface area contributed by atoms with Crippen LogP contribution in [-0.4, -0.2) is 3.71 Å². The summed E-state index contributed by atoms with van der Waals surface area (Å²) in [5.41, 5.74) is 9.48. The molecule has 0 N–H and O–H groups in total. The molecule has 0 saturated heterocycles. The van der Waals surface area contributed by atoms with Gasteiger partial charge in [-0.2, -0.15) is 42.0 Å². The molecular formula is C27H24Cl2Zr-2. The number of rotatable bonds is 1. The van der Waals surface area contributed by atoms with E-state index in [4.69, 9.17) is 0 Å². The summed E-state index contributed by atoms with van der Waals surface area (Å²) in [5.74, 6) is 0. The fourth-order valence-electron chi connectivity index (χ4n) is 3.24. The summed E-state index contributed by atoms with van der Waals surface area (Å²) >= 11 is 1.46. The van der Waals surface area contributed by atoms with E-state index in [1.807, 2.05) is 36.4 Å². The Kier molecular flexibility index (Phi) is 12.0. The standard InChI is InChI=1S/C15H13.C7H6.C5H5.2ClH.Zr/c1-10-3-5-14-12(7-10)9-13-8-11(2)4-6-15(13)14;1-7-5-3-2-4-6-7;1-2-4-5-3-1;;;/h3-7H,9H2,1-2H3;1-6H;1-5H;2*1H;/q-1;;-1;;;+2/p-2. The first-order chi connectivity index (χ1) is 13.7. The molecule has 0 fully saturated rings. The summed E-state index contributed by atoms with van der Waals surface area (Å²) in [5, 5.41) is 0. The van der Waals surface area contributed by atoms with Crippen LogP contribution in [0.2, 0.25) is 0 Å². The van der Waals surface area contributed by atoms with Gasteiger partial charge in [-0.3, -0.25) is 0 Å². The van der Waals surface area contributed by atoms with Gasteiger partial charge in [-0.15, -0.1) is 11.1 Å². The zero-order valence-corrected chi connectivity index (χ0v) is 21.2. The molecule has 0 heterocycles. The van der Waals surface area contributed by atoms with Gasteiger partial charge >= 0.3 is 63.8 Å². The van der Waals surface area contributed by atoms with Gasteiger partial charge in [-0.25, -0.2) is 12.1 Å². The first kappa shape index (κ1) is 26.4. The SMILES string of the molecule is Cc1[c-]c2c(cc1)-c1ccc(C)cc1C2.[Cl-].[Cl-].[Zr+2]=[CH]c1ccccc1.c1cc[cH-]c1. The van der Waals surface area contributed by atoms with Crippen LogP contribution < -0.4 is 24.8 Å². The molecule has 5 rings (SSSR count). The molecule has 0 aromatic heterocycles. The van der Waals surface area contributed by atoms with Crippen molar-refractivity contribution in [3.05, 3.63) is 125 Å². The Balaban J connectivity index is 0.000000255. The second kappa shape index (κ2) is 13.6. The summed E-state index contributed by atoms with van der Waals surface area (Å²) in [4.78, 5) is 0. The van der Waals surface area contributed by atoms with Gasteiger partial charge in [-0.05, 0) is 18.9 Å². The Morgan fingerprint density at radius 3 is 2.07 bits per heavy atom. The van der Waals surface area contributed by atoms with Crippen LogP contribution >= 0.6 is 0 Å². The molecular weight excluding hydrogens is 486 g/mol. The first-order valence-electron chi connectivity index (χ1n) is 9.51. The number of hydrogen-bond donors (Lipinski definition) is 0. The summed E-state index contributed by atoms with van der Waals surface area (Å²) in [6.45, 7) is 4.26. The van der Waals surface area contributed by atoms with Crippen molar-refractivity contribution in [1.82, 2.24) is 0 Å². The molecule has 0 bridgehead atoms. The predicted molar refractivity (Wildman–Crippen MR) is 117 cm³/mol. The van der Waals surface area contributed by atoms with Crippen molar-refractivity contribution in [3.8, 4) is 11.1 Å². The van der Waals surface area contributed by atoms with Crippen molar-refractivity contribution in [3.63, 3.8) is 0 Å². The van der Waals surface area contributed by atoms with Gasteiger partial charge in [0.1, 0.15) is 0 Å². The topological polar surface area (TPSA) is 0 Å². The Bertz CT molecular complexity index is 955. The van der Waals surface area contributed by atoms with E-state index in [-0.39, 0.29) is 24.8 Å². The second-order valence-corrected chi connectivity index (χ2v) is 7.60. The molecule has 1 aliphatic rings. The van der Waals surface area contributed by atoms with Crippen LogP contribution in [0.15, 0.2) is 91.0 Å². The third-order valence-electron chi connectivity index (χ3n) is 4.61. The molecule has 0 spiro atoms. The van der Waals surface area contributed by atoms with Crippen LogP contribution in [0, 0.1) is 19.9 Å². The quantitative estimate of drug-likeness (QED) is 0.288. The average molecular weight is 511 g/mol. The molecule has 3 heteroatoms. The predicted octanol–water partition coefficient (Wildman–Crippen LogP) is 0.472. The van der Waals surface area contributed by atoms with Crippen LogP contribution in [0.4, 0.5) is 0 Å². The van der Waals surface area contributed by atoms with E-state index in [0.29, 0.717) is 0 Å². The van der Waals surface area contributed by atoms with Crippen molar-refractivity contribution < 1.29 is 49.0 Å². The van der Waals surface area contributed by atoms with Crippen LogP contribution in [0.1, 0.15) is 27.8 Å². The number of benzene rings is 3. The maximum absolute atomic E-state index is 3.45. The summed E-state index contributed by atoms with van der Waals surface area (Å²) in [7, 11) is 0. The van der Waals surface area contributed by atoms with Crippen molar-refractivity contribution in [2.45, 2.75) is 20.3 Å². The Morgan fingerprint density at radius 2 is 1.50 bits per heavy atom. The zero-order valence-electron chi connectivity index (χ0n) is 17.2. The molecule has 0 nitrogen and oxygen atoms in total. The summed E-state index contributed by atoms with van der Waals surface area (Å²) in [6, 6.07) is 34.9. The van der Waals surface area contributed by atoms with Gasteiger partial charge in [0.2, 0.25) is 0 Å². The molecule has 4 aromatic carbocycles. The fourth-order valence-corrected chi connectivity index (χ4v) is 3.71. The van der Waals surface area contributed by atoms with Crippen LogP contribution in [-0.2, 0) is 30.7 Å². The van der Waals surface area contributed by atoms with Gasteiger partial charge in [0.05, 0.1) is 0 Å². The number of hydrogen-bond acceptors (Lipinski definition) is 0. The van der Waals surface area contributed by atoms with Gasteiger partial charge < -0.3 is 24.8 Å². The third kappa shape index (κ3) is 7.55. The molecule has 0 radical (unpaired) electrons. The molecule has 0 saturated carbocycles. The van der Waals surface area contributed by atoms with Crippen molar-refractivity contribution in [2.75, 3.05) is 0 Å². The molecule has 4 aromatic rings. The van der Waals surface area contributed by atoms with Crippen molar-refractivity contribution >= 4 is 3.71 Å². The second-order valence-electron chi connectivity index (χ2n) is 6.89. The minimum Gasteiger partial charge on any atom is -0.214 e. The Hall–Kier alpha value is -1.66. The van der Waals surface area contributed by atoms with Gasteiger partial charge in [0.25, 0.3) is 0 Å². The van der Waals surface area contributed by atoms with E-state index in [0.717, 1.165) is 6.42 Å². The molecule has 1 aliphatic carbocycles. The Labute approximate surface area is 207 Å². The zero-order chi connectivity index (χ0) is 19.8. The van der Waals surface area contributed by atoms with E-state index in [1.165, 1.54) is 63.2 Å². The largest absolute Gasteiger partial charge is 0.214 e. The summed E-state index contributed by atoms with van der Waals surface area (Å²) < 4.78 is 2.17. The van der Waals surface area contributed by atoms with E-state index in [2.05, 4.69) is 78.2 Å². The monoisotopic (exact) mass is 508 g/mol. The van der Waals surface area contributed by atoms with E-state index in [9.17, 15) is 0 Å². The van der Waals surface area contributed by atoms with Crippen LogP contribution in [0.5, 0.6) is 0 Å². The van der Waals surface area contributed by atoms with Gasteiger partial charge in [-0.1, -0.05) is 36.2 Å². The molecule has 0 amide bonds. The van der Waals surface area contributed by atoms with Crippen molar-refractivity contribution in [1.29, 1.82) is 0 Å². The van der Waals surface area contributed by atoms with Gasteiger partial charge in [0, 0.05) is 0 Å². The summed E-state index contributed by atoms with van der Waals surface area (Å²) in [6.07, 6.45) is 1.05. The maximum Gasteiger partial charge on any atom is -0.172 e. The van der Waals surface area contributed by atoms with E-state index < -0.39 is 0 Å². The van der Waals surface area contributed by atoms with Crippen molar-refractivity contribution in [2.24, 2.45) is 0 Å². The minimum absolute atomic E-state index is 0. The Morgan fingerprint density at radius 1 is 0.833 bits per heavy atom. The normalized spacial score (nSPS) is 9.87. The fraction of sp³-hybridized carbons (Fsp3) is 0.111. The molecule has 0 aliphatic heterocycles. The van der Waals surface area contributed by atoms with Gasteiger partial charge in [0.15, 0.2) is 0 Å². The first-order valence-corrected chi connectivity index (χ1v) is 10.9. The minimum atomic E-state index is 0. The van der Waals surface area contributed by atoms with Crippen LogP contribution in [0.25, 0.3) is 11.1 Å².